The van der Waals surface area contributed by atoms with Gasteiger partial charge in [0, 0.05) is 6.07 Å². The second-order valence-electron chi connectivity index (χ2n) is 4.50. The van der Waals surface area contributed by atoms with Crippen molar-refractivity contribution in [1.29, 1.82) is 0 Å². The van der Waals surface area contributed by atoms with Crippen LogP contribution < -0.4 is 5.63 Å². The van der Waals surface area contributed by atoms with Crippen LogP contribution in [0.25, 0.3) is 22.1 Å². The summed E-state index contributed by atoms with van der Waals surface area (Å²) < 4.78 is 5.06. The Morgan fingerprint density at radius 2 is 1.62 bits per heavy atom. The molecule has 0 saturated carbocycles. The van der Waals surface area contributed by atoms with Crippen LogP contribution in [0, 0.1) is 0 Å². The van der Waals surface area contributed by atoms with Gasteiger partial charge in [-0.15, -0.1) is 0 Å². The summed E-state index contributed by atoms with van der Waals surface area (Å²) in [6.07, 6.45) is 0. The zero-order chi connectivity index (χ0) is 15.1. The van der Waals surface area contributed by atoms with Crippen molar-refractivity contribution in [2.45, 2.75) is 0 Å². The summed E-state index contributed by atoms with van der Waals surface area (Å²) >= 11 is 0. The quantitative estimate of drug-likeness (QED) is 0.403. The third-order valence-electron chi connectivity index (χ3n) is 3.13. The lowest BCUT2D eigenvalue weighted by molar-refractivity contribution is 0.404. The number of fused-ring (bicyclic) bond motifs is 1. The molecule has 0 atom stereocenters. The van der Waals surface area contributed by atoms with Gasteiger partial charge < -0.3 is 24.8 Å². The molecule has 106 valence electrons. The molecule has 21 heavy (non-hydrogen) atoms. The molecule has 0 spiro atoms. The van der Waals surface area contributed by atoms with E-state index in [1.165, 1.54) is 30.3 Å². The highest BCUT2D eigenvalue weighted by Gasteiger charge is 2.17. The third-order valence-corrected chi connectivity index (χ3v) is 3.13. The average Bonchev–Trinajstić information content (AvgIpc) is 2.42. The van der Waals surface area contributed by atoms with Gasteiger partial charge in [-0.1, -0.05) is 6.07 Å². The molecule has 1 aromatic heterocycles. The minimum absolute atomic E-state index is 0.0456. The van der Waals surface area contributed by atoms with E-state index >= 15 is 0 Å². The van der Waals surface area contributed by atoms with Gasteiger partial charge in [-0.05, 0) is 29.8 Å². The monoisotopic (exact) mass is 286 g/mol. The Kier molecular flexibility index (Phi) is 2.72. The Balaban J connectivity index is 2.35. The number of phenolic OH excluding ortho intramolecular Hbond substituents is 3. The van der Waals surface area contributed by atoms with Crippen LogP contribution in [0.4, 0.5) is 0 Å². The van der Waals surface area contributed by atoms with E-state index in [9.17, 15) is 25.2 Å². The molecule has 0 unspecified atom stereocenters. The van der Waals surface area contributed by atoms with Crippen LogP contribution >= 0.6 is 0 Å². The maximum atomic E-state index is 12.0. The van der Waals surface area contributed by atoms with E-state index in [1.54, 1.807) is 0 Å². The molecule has 0 fully saturated rings. The fourth-order valence-corrected chi connectivity index (χ4v) is 2.11. The summed E-state index contributed by atoms with van der Waals surface area (Å²) in [7, 11) is 0. The van der Waals surface area contributed by atoms with Crippen LogP contribution in [0.5, 0.6) is 23.0 Å². The number of rotatable bonds is 1. The molecule has 3 rings (SSSR count). The topological polar surface area (TPSA) is 111 Å². The van der Waals surface area contributed by atoms with E-state index in [0.717, 1.165) is 6.07 Å². The zero-order valence-electron chi connectivity index (χ0n) is 10.6. The number of hydrogen-bond donors (Lipinski definition) is 4. The van der Waals surface area contributed by atoms with Crippen LogP contribution in [0.3, 0.4) is 0 Å². The molecule has 6 nitrogen and oxygen atoms in total. The van der Waals surface area contributed by atoms with E-state index in [2.05, 4.69) is 0 Å². The van der Waals surface area contributed by atoms with E-state index in [0.29, 0.717) is 0 Å². The lowest BCUT2D eigenvalue weighted by Crippen LogP contribution is -2.03. The highest BCUT2D eigenvalue weighted by Crippen LogP contribution is 2.37. The fraction of sp³-hybridized carbons (Fsp3) is 0. The van der Waals surface area contributed by atoms with Crippen LogP contribution in [0.2, 0.25) is 0 Å². The molecule has 0 bridgehead atoms. The van der Waals surface area contributed by atoms with E-state index in [-0.39, 0.29) is 39.3 Å². The van der Waals surface area contributed by atoms with Crippen LogP contribution in [-0.4, -0.2) is 20.4 Å². The molecule has 0 amide bonds. The van der Waals surface area contributed by atoms with Gasteiger partial charge in [0.05, 0.1) is 5.39 Å². The van der Waals surface area contributed by atoms with E-state index in [1.807, 2.05) is 0 Å². The normalized spacial score (nSPS) is 10.9. The number of hydrogen-bond acceptors (Lipinski definition) is 6. The first-order chi connectivity index (χ1) is 9.97. The molecule has 2 aromatic carbocycles. The predicted molar refractivity (Wildman–Crippen MR) is 74.6 cm³/mol. The zero-order valence-corrected chi connectivity index (χ0v) is 10.6. The van der Waals surface area contributed by atoms with Crippen LogP contribution in [0.1, 0.15) is 0 Å². The Labute approximate surface area is 117 Å². The molecular weight excluding hydrogens is 276 g/mol. The maximum absolute atomic E-state index is 12.0. The van der Waals surface area contributed by atoms with Gasteiger partial charge >= 0.3 is 5.63 Å². The van der Waals surface area contributed by atoms with Crippen molar-refractivity contribution in [2.75, 3.05) is 0 Å². The van der Waals surface area contributed by atoms with Crippen molar-refractivity contribution in [1.82, 2.24) is 0 Å². The molecule has 0 saturated heterocycles. The SMILES string of the molecule is O=c1oc2cc(O)ccc2c(O)c1-c1ccc(O)c(O)c1. The van der Waals surface area contributed by atoms with Crippen LogP contribution in [-0.2, 0) is 0 Å². The summed E-state index contributed by atoms with van der Waals surface area (Å²) in [5.74, 6) is -1.18. The summed E-state index contributed by atoms with van der Waals surface area (Å²) in [6, 6.07) is 7.69. The average molecular weight is 286 g/mol. The standard InChI is InChI=1S/C15H10O6/c16-8-2-3-9-12(6-8)21-15(20)13(14(9)19)7-1-4-10(17)11(18)5-7/h1-6,16-19H. The Morgan fingerprint density at radius 1 is 0.857 bits per heavy atom. The molecule has 0 aliphatic carbocycles. The first-order valence-corrected chi connectivity index (χ1v) is 5.98. The highest BCUT2D eigenvalue weighted by molar-refractivity contribution is 5.91. The van der Waals surface area contributed by atoms with Crippen molar-refractivity contribution >= 4 is 11.0 Å². The molecule has 4 N–H and O–H groups in total. The number of phenols is 3. The molecule has 0 aliphatic heterocycles. The first-order valence-electron chi connectivity index (χ1n) is 5.98. The molecule has 1 heterocycles. The number of aromatic hydroxyl groups is 4. The second-order valence-corrected chi connectivity index (χ2v) is 4.50. The third kappa shape index (κ3) is 2.02. The minimum atomic E-state index is -0.823. The minimum Gasteiger partial charge on any atom is -0.508 e. The lowest BCUT2D eigenvalue weighted by atomic mass is 10.0. The smallest absolute Gasteiger partial charge is 0.347 e. The molecule has 3 aromatic rings. The van der Waals surface area contributed by atoms with Gasteiger partial charge in [-0.25, -0.2) is 4.79 Å². The van der Waals surface area contributed by atoms with Gasteiger partial charge in [-0.3, -0.25) is 0 Å². The van der Waals surface area contributed by atoms with Gasteiger partial charge in [0.25, 0.3) is 0 Å². The van der Waals surface area contributed by atoms with Crippen LogP contribution in [0.15, 0.2) is 45.6 Å². The summed E-state index contributed by atoms with van der Waals surface area (Å²) in [5.41, 5.74) is -0.713. The molecule has 0 aliphatic rings. The Bertz CT molecular complexity index is 910. The van der Waals surface area contributed by atoms with Crippen molar-refractivity contribution < 1.29 is 24.8 Å². The van der Waals surface area contributed by atoms with Crippen molar-refractivity contribution in [3.05, 3.63) is 46.8 Å². The van der Waals surface area contributed by atoms with Gasteiger partial charge in [0.1, 0.15) is 22.6 Å². The maximum Gasteiger partial charge on any atom is 0.347 e. The van der Waals surface area contributed by atoms with Gasteiger partial charge in [0.15, 0.2) is 11.5 Å². The second kappa shape index (κ2) is 4.45. The number of benzene rings is 2. The van der Waals surface area contributed by atoms with Crippen molar-refractivity contribution in [3.8, 4) is 34.1 Å². The largest absolute Gasteiger partial charge is 0.508 e. The van der Waals surface area contributed by atoms with E-state index in [4.69, 9.17) is 4.42 Å². The first kappa shape index (κ1) is 12.9. The van der Waals surface area contributed by atoms with Crippen molar-refractivity contribution in [3.63, 3.8) is 0 Å². The highest BCUT2D eigenvalue weighted by atomic mass is 16.4. The summed E-state index contributed by atoms with van der Waals surface area (Å²) in [5, 5.41) is 38.6. The van der Waals surface area contributed by atoms with Gasteiger partial charge in [-0.2, -0.15) is 0 Å². The lowest BCUT2D eigenvalue weighted by Gasteiger charge is -2.07. The summed E-state index contributed by atoms with van der Waals surface area (Å²) in [6.45, 7) is 0. The summed E-state index contributed by atoms with van der Waals surface area (Å²) in [4.78, 5) is 12.0. The predicted octanol–water partition coefficient (Wildman–Crippen LogP) is 2.28. The molecular formula is C15H10O6. The van der Waals surface area contributed by atoms with Gasteiger partial charge in [0.2, 0.25) is 0 Å². The molecule has 0 radical (unpaired) electrons. The Hall–Kier alpha value is -3.15. The van der Waals surface area contributed by atoms with Crippen molar-refractivity contribution in [2.24, 2.45) is 0 Å². The fourth-order valence-electron chi connectivity index (χ4n) is 2.11. The molecule has 6 heteroatoms. The van der Waals surface area contributed by atoms with E-state index < -0.39 is 11.4 Å². The Morgan fingerprint density at radius 3 is 2.33 bits per heavy atom.